The molecule has 2 fully saturated rings. The third kappa shape index (κ3) is 3.80. The van der Waals surface area contributed by atoms with Gasteiger partial charge in [0.1, 0.15) is 5.56 Å². The zero-order valence-electron chi connectivity index (χ0n) is 17.0. The van der Waals surface area contributed by atoms with Crippen LogP contribution in [0.2, 0.25) is 0 Å². The van der Waals surface area contributed by atoms with Gasteiger partial charge in [-0.25, -0.2) is 9.18 Å². The molecule has 0 bridgehead atoms. The summed E-state index contributed by atoms with van der Waals surface area (Å²) in [6.07, 6.45) is -4.61. The first-order valence-electron chi connectivity index (χ1n) is 10.1. The normalized spacial score (nSPS) is 29.4. The second-order valence-corrected chi connectivity index (χ2v) is 8.29. The second-order valence-electron chi connectivity index (χ2n) is 8.29. The summed E-state index contributed by atoms with van der Waals surface area (Å²) in [6.45, 7) is 1.46. The second kappa shape index (κ2) is 7.75. The molecular weight excluding hydrogens is 424 g/mol. The fraction of sp³-hybridized carbons (Fsp3) is 0.684. The molecule has 1 aromatic rings. The minimum Gasteiger partial charge on any atom is -0.493 e. The first-order valence-corrected chi connectivity index (χ1v) is 10.1. The van der Waals surface area contributed by atoms with Gasteiger partial charge in [-0.1, -0.05) is 6.92 Å². The van der Waals surface area contributed by atoms with E-state index in [0.717, 1.165) is 12.8 Å². The summed E-state index contributed by atoms with van der Waals surface area (Å²) >= 11 is 0. The van der Waals surface area contributed by atoms with Gasteiger partial charge in [0, 0.05) is 36.7 Å². The first kappa shape index (κ1) is 22.0. The predicted molar refractivity (Wildman–Crippen MR) is 102 cm³/mol. The van der Waals surface area contributed by atoms with E-state index < -0.39 is 47.4 Å². The van der Waals surface area contributed by atoms with Crippen LogP contribution in [0.4, 0.5) is 17.6 Å². The van der Waals surface area contributed by atoms with Crippen LogP contribution in [0.5, 0.6) is 0 Å². The van der Waals surface area contributed by atoms with Crippen molar-refractivity contribution < 1.29 is 27.0 Å². The van der Waals surface area contributed by atoms with Gasteiger partial charge >= 0.3 is 12.1 Å². The van der Waals surface area contributed by atoms with E-state index in [0.29, 0.717) is 5.69 Å². The topological polar surface area (TPSA) is 103 Å². The maximum Gasteiger partial charge on any atom is 0.522 e. The minimum absolute atomic E-state index is 0.0482. The molecule has 2 aliphatic carbocycles. The molecule has 3 N–H and O–H groups in total. The molecule has 4 atom stereocenters. The van der Waals surface area contributed by atoms with Crippen molar-refractivity contribution in [2.24, 2.45) is 11.7 Å². The highest BCUT2D eigenvalue weighted by Gasteiger charge is 2.49. The fourth-order valence-corrected chi connectivity index (χ4v) is 4.86. The highest BCUT2D eigenvalue weighted by molar-refractivity contribution is 5.67. The third-order valence-electron chi connectivity index (χ3n) is 6.30. The van der Waals surface area contributed by atoms with E-state index in [1.54, 1.807) is 6.92 Å². The number of nitrogens with one attached hydrogen (secondary N) is 1. The average Bonchev–Trinajstić information content (AvgIpc) is 3.43. The van der Waals surface area contributed by atoms with Crippen molar-refractivity contribution in [3.8, 4) is 0 Å². The van der Waals surface area contributed by atoms with Crippen LogP contribution >= 0.6 is 0 Å². The predicted octanol–water partition coefficient (Wildman–Crippen LogP) is 1.44. The molecule has 4 unspecified atom stereocenters. The summed E-state index contributed by atoms with van der Waals surface area (Å²) in [5, 5.41) is 0. The molecule has 2 heterocycles. The van der Waals surface area contributed by atoms with Gasteiger partial charge in [0.15, 0.2) is 11.6 Å². The number of aromatic amines is 1. The number of alkyl halides is 3. The van der Waals surface area contributed by atoms with Gasteiger partial charge in [-0.2, -0.15) is 0 Å². The first-order chi connectivity index (χ1) is 14.6. The quantitative estimate of drug-likeness (QED) is 0.661. The van der Waals surface area contributed by atoms with Gasteiger partial charge in [0.05, 0.1) is 19.3 Å². The van der Waals surface area contributed by atoms with Crippen LogP contribution < -0.4 is 17.0 Å². The number of ether oxygens (including phenoxy) is 2. The molecule has 0 aromatic carbocycles. The van der Waals surface area contributed by atoms with Crippen molar-refractivity contribution in [2.75, 3.05) is 26.7 Å². The van der Waals surface area contributed by atoms with Crippen molar-refractivity contribution in [1.29, 1.82) is 0 Å². The Hall–Kier alpha value is -2.18. The Bertz CT molecular complexity index is 1010. The summed E-state index contributed by atoms with van der Waals surface area (Å²) in [7, 11) is 1.21. The monoisotopic (exact) mass is 448 g/mol. The molecule has 172 valence electrons. The molecular formula is C19H24F4N4O4. The maximum atomic E-state index is 15.6. The van der Waals surface area contributed by atoms with E-state index in [2.05, 4.69) is 9.72 Å². The molecule has 1 saturated carbocycles. The number of hydrogen-bond acceptors (Lipinski definition) is 6. The summed E-state index contributed by atoms with van der Waals surface area (Å²) < 4.78 is 65.0. The molecule has 0 spiro atoms. The summed E-state index contributed by atoms with van der Waals surface area (Å²) in [6, 6.07) is -1.14. The standard InChI is InChI=1S/C19H24F4N4O4/c1-8-14-12(17(28)25-18(29)27(14)10-3-4-10)16(30-2)13(20)15(8)26-6-9(5-24)11(7-26)31-19(21,22)23/h8-11,15H,3-7,24H2,1-2H3,(H,25,28,29). The van der Waals surface area contributed by atoms with Gasteiger partial charge in [0.2, 0.25) is 0 Å². The Morgan fingerprint density at radius 3 is 2.45 bits per heavy atom. The lowest BCUT2D eigenvalue weighted by atomic mass is 9.85. The summed E-state index contributed by atoms with van der Waals surface area (Å²) in [5.74, 6) is -2.41. The number of halogens is 4. The van der Waals surface area contributed by atoms with E-state index >= 15 is 4.39 Å². The van der Waals surface area contributed by atoms with Crippen LogP contribution in [-0.2, 0) is 9.47 Å². The Kier molecular flexibility index (Phi) is 5.51. The lowest BCUT2D eigenvalue weighted by Gasteiger charge is -2.37. The van der Waals surface area contributed by atoms with E-state index in [1.165, 1.54) is 16.6 Å². The van der Waals surface area contributed by atoms with Crippen molar-refractivity contribution in [3.05, 3.63) is 37.9 Å². The molecule has 0 amide bonds. The van der Waals surface area contributed by atoms with E-state index in [4.69, 9.17) is 10.5 Å². The highest BCUT2D eigenvalue weighted by atomic mass is 19.4. The lowest BCUT2D eigenvalue weighted by Crippen LogP contribution is -2.46. The van der Waals surface area contributed by atoms with Gasteiger partial charge in [-0.05, 0) is 19.4 Å². The molecule has 1 saturated heterocycles. The number of hydrogen-bond donors (Lipinski definition) is 2. The zero-order valence-corrected chi connectivity index (χ0v) is 17.0. The number of aromatic nitrogens is 2. The van der Waals surface area contributed by atoms with Crippen molar-refractivity contribution in [1.82, 2.24) is 14.5 Å². The van der Waals surface area contributed by atoms with Gasteiger partial charge in [-0.3, -0.25) is 24.0 Å². The van der Waals surface area contributed by atoms with Gasteiger partial charge in [-0.15, -0.1) is 13.2 Å². The van der Waals surface area contributed by atoms with E-state index in [9.17, 15) is 22.8 Å². The van der Waals surface area contributed by atoms with E-state index in [1.807, 2.05) is 0 Å². The number of nitrogens with two attached hydrogens (primary N) is 1. The molecule has 8 nitrogen and oxygen atoms in total. The zero-order chi connectivity index (χ0) is 22.7. The Labute approximate surface area is 174 Å². The fourth-order valence-electron chi connectivity index (χ4n) is 4.86. The summed E-state index contributed by atoms with van der Waals surface area (Å²) in [5.41, 5.74) is 4.59. The average molecular weight is 448 g/mol. The lowest BCUT2D eigenvalue weighted by molar-refractivity contribution is -0.344. The van der Waals surface area contributed by atoms with Crippen LogP contribution in [0.3, 0.4) is 0 Å². The molecule has 1 aromatic heterocycles. The highest BCUT2D eigenvalue weighted by Crippen LogP contribution is 2.45. The van der Waals surface area contributed by atoms with Crippen LogP contribution in [0.1, 0.15) is 43.0 Å². The van der Waals surface area contributed by atoms with Crippen LogP contribution in [-0.4, -0.2) is 59.7 Å². The SMILES string of the molecule is COC1=C(F)C(N2CC(CN)C(OC(F)(F)F)C2)C(C)c2c1c(=O)[nH]c(=O)n2C1CC1. The van der Waals surface area contributed by atoms with Crippen molar-refractivity contribution in [3.63, 3.8) is 0 Å². The number of likely N-dealkylation sites (tertiary alicyclic amines) is 1. The van der Waals surface area contributed by atoms with Gasteiger partial charge in [0.25, 0.3) is 5.56 Å². The van der Waals surface area contributed by atoms with Crippen LogP contribution in [0.25, 0.3) is 5.76 Å². The Morgan fingerprint density at radius 2 is 1.90 bits per heavy atom. The smallest absolute Gasteiger partial charge is 0.493 e. The number of nitrogens with zero attached hydrogens (tertiary/aromatic N) is 2. The molecule has 3 aliphatic rings. The molecule has 31 heavy (non-hydrogen) atoms. The summed E-state index contributed by atoms with van der Waals surface area (Å²) in [4.78, 5) is 28.8. The van der Waals surface area contributed by atoms with Crippen LogP contribution in [0, 0.1) is 5.92 Å². The molecule has 4 rings (SSSR count). The van der Waals surface area contributed by atoms with E-state index in [-0.39, 0.29) is 37.0 Å². The maximum absolute atomic E-state index is 15.6. The minimum atomic E-state index is -4.84. The molecule has 0 radical (unpaired) electrons. The number of fused-ring (bicyclic) bond motifs is 1. The Morgan fingerprint density at radius 1 is 1.23 bits per heavy atom. The molecule has 1 aliphatic heterocycles. The largest absolute Gasteiger partial charge is 0.522 e. The van der Waals surface area contributed by atoms with Crippen molar-refractivity contribution >= 4 is 5.76 Å². The number of rotatable bonds is 5. The number of H-pyrrole nitrogens is 1. The third-order valence-corrected chi connectivity index (χ3v) is 6.30. The van der Waals surface area contributed by atoms with Crippen LogP contribution in [0.15, 0.2) is 15.4 Å². The van der Waals surface area contributed by atoms with Gasteiger partial charge < -0.3 is 10.5 Å². The number of methoxy groups -OCH3 is 1. The Balaban J connectivity index is 1.79. The van der Waals surface area contributed by atoms with Crippen molar-refractivity contribution in [2.45, 2.75) is 50.2 Å². The molecule has 12 heteroatoms.